The lowest BCUT2D eigenvalue weighted by atomic mass is 10.1. The van der Waals surface area contributed by atoms with Crippen LogP contribution in [0, 0.1) is 0 Å². The lowest BCUT2D eigenvalue weighted by molar-refractivity contribution is 0.103. The second-order valence-electron chi connectivity index (χ2n) is 7.85. The van der Waals surface area contributed by atoms with Crippen LogP contribution in [0.15, 0.2) is 54.7 Å². The summed E-state index contributed by atoms with van der Waals surface area (Å²) in [6, 6.07) is 16.2. The van der Waals surface area contributed by atoms with Gasteiger partial charge in [-0.05, 0) is 36.6 Å². The third kappa shape index (κ3) is 4.43. The number of pyridine rings is 1. The van der Waals surface area contributed by atoms with Crippen LogP contribution in [-0.4, -0.2) is 50.3 Å². The molecule has 0 spiro atoms. The van der Waals surface area contributed by atoms with E-state index < -0.39 is 0 Å². The molecule has 1 aromatic carbocycles. The van der Waals surface area contributed by atoms with E-state index in [0.29, 0.717) is 18.1 Å². The summed E-state index contributed by atoms with van der Waals surface area (Å²) in [4.78, 5) is 22.9. The van der Waals surface area contributed by atoms with Crippen molar-refractivity contribution in [3.63, 3.8) is 0 Å². The minimum absolute atomic E-state index is 0.0996. The summed E-state index contributed by atoms with van der Waals surface area (Å²) >= 11 is 1.54. The van der Waals surface area contributed by atoms with E-state index in [1.54, 1.807) is 17.5 Å². The fraction of sp³-hybridized carbons (Fsp3) is 0.333. The van der Waals surface area contributed by atoms with Crippen molar-refractivity contribution in [1.82, 2.24) is 4.98 Å². The minimum Gasteiger partial charge on any atom is -0.378 e. The largest absolute Gasteiger partial charge is 0.378 e. The van der Waals surface area contributed by atoms with Crippen molar-refractivity contribution < 1.29 is 9.53 Å². The second-order valence-corrected chi connectivity index (χ2v) is 8.88. The normalized spacial score (nSPS) is 16.5. The molecule has 2 aliphatic rings. The van der Waals surface area contributed by atoms with Gasteiger partial charge in [0.25, 0.3) is 5.91 Å². The number of nitrogens with zero attached hydrogens (tertiary/aromatic N) is 3. The smallest absolute Gasteiger partial charge is 0.265 e. The van der Waals surface area contributed by atoms with Crippen molar-refractivity contribution >= 4 is 33.8 Å². The van der Waals surface area contributed by atoms with Gasteiger partial charge in [-0.3, -0.25) is 4.79 Å². The predicted molar refractivity (Wildman–Crippen MR) is 126 cm³/mol. The molecule has 0 radical (unpaired) electrons. The molecule has 2 aliphatic heterocycles. The quantitative estimate of drug-likeness (QED) is 0.641. The molecule has 0 saturated carbocycles. The average molecular weight is 435 g/mol. The molecule has 0 aliphatic carbocycles. The van der Waals surface area contributed by atoms with E-state index in [0.717, 1.165) is 53.8 Å². The van der Waals surface area contributed by atoms with Crippen molar-refractivity contribution in [1.29, 1.82) is 0 Å². The molecule has 1 amide bonds. The van der Waals surface area contributed by atoms with E-state index >= 15 is 0 Å². The number of carbonyl (C=O) groups excluding carboxylic acids is 1. The Morgan fingerprint density at radius 1 is 0.968 bits per heavy atom. The average Bonchev–Trinajstić information content (AvgIpc) is 3.52. The summed E-state index contributed by atoms with van der Waals surface area (Å²) in [5.74, 6) is 0.880. The van der Waals surface area contributed by atoms with Crippen LogP contribution in [0.4, 0.5) is 16.5 Å². The first kappa shape index (κ1) is 20.0. The Bertz CT molecular complexity index is 1020. The fourth-order valence-corrected chi connectivity index (χ4v) is 5.23. The molecule has 160 valence electrons. The van der Waals surface area contributed by atoms with Crippen molar-refractivity contribution in [2.75, 3.05) is 54.5 Å². The molecule has 0 unspecified atom stereocenters. The Morgan fingerprint density at radius 2 is 1.74 bits per heavy atom. The summed E-state index contributed by atoms with van der Waals surface area (Å²) in [5.41, 5.74) is 2.94. The van der Waals surface area contributed by atoms with Crippen molar-refractivity contribution in [3.05, 3.63) is 59.6 Å². The van der Waals surface area contributed by atoms with Crippen molar-refractivity contribution in [2.24, 2.45) is 0 Å². The Morgan fingerprint density at radius 3 is 2.45 bits per heavy atom. The highest BCUT2D eigenvalue weighted by Gasteiger charge is 2.22. The first-order valence-electron chi connectivity index (χ1n) is 10.8. The molecule has 5 rings (SSSR count). The first-order valence-corrected chi connectivity index (χ1v) is 11.6. The van der Waals surface area contributed by atoms with E-state index in [1.807, 2.05) is 36.4 Å². The highest BCUT2D eigenvalue weighted by atomic mass is 32.1. The monoisotopic (exact) mass is 434 g/mol. The van der Waals surface area contributed by atoms with Gasteiger partial charge in [0, 0.05) is 31.7 Å². The number of amides is 1. The molecular weight excluding hydrogens is 408 g/mol. The predicted octanol–water partition coefficient (Wildman–Crippen LogP) is 4.50. The Labute approximate surface area is 186 Å². The number of morpholine rings is 1. The number of hydrogen-bond acceptors (Lipinski definition) is 6. The standard InChI is InChI=1S/C24H26N4O2S/c29-23(26-19-8-9-22(25-17-19)27-10-4-5-11-27)21-16-20(18-6-2-1-3-7-18)24(31-21)28-12-14-30-15-13-28/h1-3,6-9,16-17H,4-5,10-15H2,(H,26,29). The number of benzene rings is 1. The SMILES string of the molecule is O=C(Nc1ccc(N2CCCC2)nc1)c1cc(-c2ccccc2)c(N2CCOCC2)s1. The fourth-order valence-electron chi connectivity index (χ4n) is 4.11. The maximum absolute atomic E-state index is 13.1. The number of hydrogen-bond donors (Lipinski definition) is 1. The van der Waals surface area contributed by atoms with Gasteiger partial charge in [0.1, 0.15) is 5.82 Å². The molecule has 4 heterocycles. The minimum atomic E-state index is -0.0996. The molecule has 2 fully saturated rings. The Balaban J connectivity index is 1.37. The van der Waals surface area contributed by atoms with E-state index in [1.165, 1.54) is 12.8 Å². The Kier molecular flexibility index (Phi) is 5.86. The highest BCUT2D eigenvalue weighted by molar-refractivity contribution is 7.18. The lowest BCUT2D eigenvalue weighted by Gasteiger charge is -2.28. The van der Waals surface area contributed by atoms with E-state index in [-0.39, 0.29) is 5.91 Å². The maximum atomic E-state index is 13.1. The van der Waals surface area contributed by atoms with Gasteiger partial charge in [0.05, 0.1) is 35.0 Å². The molecule has 2 saturated heterocycles. The summed E-state index contributed by atoms with van der Waals surface area (Å²) in [7, 11) is 0. The van der Waals surface area contributed by atoms with Gasteiger partial charge in [0.15, 0.2) is 0 Å². The van der Waals surface area contributed by atoms with Crippen LogP contribution in [0.2, 0.25) is 0 Å². The number of rotatable bonds is 5. The maximum Gasteiger partial charge on any atom is 0.265 e. The third-order valence-corrected chi connectivity index (χ3v) is 6.95. The molecule has 0 bridgehead atoms. The number of aromatic nitrogens is 1. The molecule has 6 nitrogen and oxygen atoms in total. The lowest BCUT2D eigenvalue weighted by Crippen LogP contribution is -2.35. The molecule has 3 aromatic rings. The number of anilines is 3. The summed E-state index contributed by atoms with van der Waals surface area (Å²) in [6.45, 7) is 5.21. The number of carbonyl (C=O) groups is 1. The summed E-state index contributed by atoms with van der Waals surface area (Å²) in [6.07, 6.45) is 4.18. The second kappa shape index (κ2) is 9.08. The molecule has 2 aromatic heterocycles. The van der Waals surface area contributed by atoms with Gasteiger partial charge >= 0.3 is 0 Å². The Hall–Kier alpha value is -2.90. The molecular formula is C24H26N4O2S. The van der Waals surface area contributed by atoms with Gasteiger partial charge in [-0.2, -0.15) is 0 Å². The summed E-state index contributed by atoms with van der Waals surface area (Å²) < 4.78 is 5.52. The van der Waals surface area contributed by atoms with Crippen LogP contribution in [0.5, 0.6) is 0 Å². The van der Waals surface area contributed by atoms with Gasteiger partial charge in [0.2, 0.25) is 0 Å². The third-order valence-electron chi connectivity index (χ3n) is 5.76. The van der Waals surface area contributed by atoms with Crippen LogP contribution in [0.25, 0.3) is 11.1 Å². The van der Waals surface area contributed by atoms with Crippen molar-refractivity contribution in [2.45, 2.75) is 12.8 Å². The van der Waals surface area contributed by atoms with Crippen LogP contribution in [-0.2, 0) is 4.74 Å². The zero-order chi connectivity index (χ0) is 21.0. The summed E-state index contributed by atoms with van der Waals surface area (Å²) in [5, 5.41) is 4.15. The molecule has 31 heavy (non-hydrogen) atoms. The topological polar surface area (TPSA) is 57.7 Å². The zero-order valence-electron chi connectivity index (χ0n) is 17.4. The van der Waals surface area contributed by atoms with E-state index in [2.05, 4.69) is 32.2 Å². The van der Waals surface area contributed by atoms with Gasteiger partial charge in [-0.15, -0.1) is 11.3 Å². The highest BCUT2D eigenvalue weighted by Crippen LogP contribution is 2.39. The van der Waals surface area contributed by atoms with Gasteiger partial charge in [-0.25, -0.2) is 4.98 Å². The molecule has 1 N–H and O–H groups in total. The first-order chi connectivity index (χ1) is 15.3. The van der Waals surface area contributed by atoms with Gasteiger partial charge < -0.3 is 19.9 Å². The van der Waals surface area contributed by atoms with E-state index in [9.17, 15) is 4.79 Å². The van der Waals surface area contributed by atoms with Crippen LogP contribution in [0.1, 0.15) is 22.5 Å². The van der Waals surface area contributed by atoms with Crippen LogP contribution < -0.4 is 15.1 Å². The number of nitrogens with one attached hydrogen (secondary N) is 1. The molecule has 0 atom stereocenters. The van der Waals surface area contributed by atoms with Crippen LogP contribution in [0.3, 0.4) is 0 Å². The number of thiophene rings is 1. The van der Waals surface area contributed by atoms with Crippen LogP contribution >= 0.6 is 11.3 Å². The molecule has 7 heteroatoms. The zero-order valence-corrected chi connectivity index (χ0v) is 18.2. The van der Waals surface area contributed by atoms with Gasteiger partial charge in [-0.1, -0.05) is 30.3 Å². The number of ether oxygens (including phenoxy) is 1. The van der Waals surface area contributed by atoms with E-state index in [4.69, 9.17) is 4.74 Å². The van der Waals surface area contributed by atoms with Crippen molar-refractivity contribution in [3.8, 4) is 11.1 Å².